The second-order valence-corrected chi connectivity index (χ2v) is 7.30. The Hall–Kier alpha value is -2.51. The SMILES string of the molecule is CNC(=O)C1CC(=O)N(C2CN(C(=O)c3cnc(C)nc3C(C)C)C2)C1. The zero-order valence-corrected chi connectivity index (χ0v) is 15.7. The van der Waals surface area contributed by atoms with Gasteiger partial charge in [0.25, 0.3) is 5.91 Å². The first-order chi connectivity index (χ1) is 12.3. The van der Waals surface area contributed by atoms with E-state index in [9.17, 15) is 14.4 Å². The highest BCUT2D eigenvalue weighted by Crippen LogP contribution is 2.27. The first kappa shape index (κ1) is 18.3. The summed E-state index contributed by atoms with van der Waals surface area (Å²) in [5.41, 5.74) is 1.28. The Bertz CT molecular complexity index is 742. The monoisotopic (exact) mass is 359 g/mol. The van der Waals surface area contributed by atoms with Gasteiger partial charge in [0.15, 0.2) is 0 Å². The molecule has 0 aliphatic carbocycles. The van der Waals surface area contributed by atoms with Crippen LogP contribution in [0.5, 0.6) is 0 Å². The maximum atomic E-state index is 12.8. The highest BCUT2D eigenvalue weighted by molar-refractivity contribution is 5.96. The topological polar surface area (TPSA) is 95.5 Å². The van der Waals surface area contributed by atoms with Gasteiger partial charge in [-0.3, -0.25) is 14.4 Å². The predicted molar refractivity (Wildman–Crippen MR) is 94.4 cm³/mol. The third-order valence-corrected chi connectivity index (χ3v) is 5.08. The first-order valence-electron chi connectivity index (χ1n) is 8.95. The van der Waals surface area contributed by atoms with Crippen LogP contribution in [0.2, 0.25) is 0 Å². The van der Waals surface area contributed by atoms with Crippen LogP contribution in [0.3, 0.4) is 0 Å². The van der Waals surface area contributed by atoms with E-state index in [1.54, 1.807) is 23.0 Å². The number of nitrogens with one attached hydrogen (secondary N) is 1. The molecule has 0 saturated carbocycles. The van der Waals surface area contributed by atoms with E-state index < -0.39 is 0 Å². The lowest BCUT2D eigenvalue weighted by atomic mass is 10.0. The van der Waals surface area contributed by atoms with Gasteiger partial charge in [-0.15, -0.1) is 0 Å². The molecule has 3 amide bonds. The van der Waals surface area contributed by atoms with Gasteiger partial charge in [-0.05, 0) is 12.8 Å². The van der Waals surface area contributed by atoms with Crippen LogP contribution in [0.4, 0.5) is 0 Å². The summed E-state index contributed by atoms with van der Waals surface area (Å²) >= 11 is 0. The van der Waals surface area contributed by atoms with Crippen LogP contribution in [0, 0.1) is 12.8 Å². The van der Waals surface area contributed by atoms with Crippen LogP contribution in [0.15, 0.2) is 6.20 Å². The van der Waals surface area contributed by atoms with Gasteiger partial charge in [-0.1, -0.05) is 13.8 Å². The van der Waals surface area contributed by atoms with Crippen molar-refractivity contribution in [2.45, 2.75) is 39.2 Å². The number of rotatable bonds is 4. The lowest BCUT2D eigenvalue weighted by Crippen LogP contribution is -2.61. The molecule has 1 atom stereocenters. The number of hydrogen-bond acceptors (Lipinski definition) is 5. The van der Waals surface area contributed by atoms with Crippen LogP contribution >= 0.6 is 0 Å². The summed E-state index contributed by atoms with van der Waals surface area (Å²) in [6.45, 7) is 7.20. The second-order valence-electron chi connectivity index (χ2n) is 7.30. The molecule has 2 aliphatic rings. The Morgan fingerprint density at radius 3 is 2.58 bits per heavy atom. The van der Waals surface area contributed by atoms with Gasteiger partial charge in [0.1, 0.15) is 5.82 Å². The van der Waals surface area contributed by atoms with E-state index in [0.717, 1.165) is 5.69 Å². The Morgan fingerprint density at radius 2 is 1.96 bits per heavy atom. The smallest absolute Gasteiger partial charge is 0.257 e. The average molecular weight is 359 g/mol. The molecule has 140 valence electrons. The van der Waals surface area contributed by atoms with E-state index in [2.05, 4.69) is 15.3 Å². The van der Waals surface area contributed by atoms with Gasteiger partial charge < -0.3 is 15.1 Å². The third kappa shape index (κ3) is 3.27. The molecule has 1 aromatic heterocycles. The molecule has 2 saturated heterocycles. The predicted octanol–water partition coefficient (Wildman–Crippen LogP) is 0.327. The molecule has 3 heterocycles. The van der Waals surface area contributed by atoms with Gasteiger partial charge in [0.05, 0.1) is 23.2 Å². The lowest BCUT2D eigenvalue weighted by Gasteiger charge is -2.44. The van der Waals surface area contributed by atoms with Gasteiger partial charge in [-0.25, -0.2) is 9.97 Å². The van der Waals surface area contributed by atoms with E-state index in [0.29, 0.717) is 31.0 Å². The van der Waals surface area contributed by atoms with Crippen molar-refractivity contribution in [1.29, 1.82) is 0 Å². The summed E-state index contributed by atoms with van der Waals surface area (Å²) in [6.07, 6.45) is 1.84. The molecule has 1 aromatic rings. The van der Waals surface area contributed by atoms with Crippen LogP contribution in [0.1, 0.15) is 48.1 Å². The molecule has 0 aromatic carbocycles. The minimum absolute atomic E-state index is 0.0164. The molecule has 3 rings (SSSR count). The standard InChI is InChI=1S/C18H25N5O3/c1-10(2)16-14(6-20-11(3)21-16)18(26)22-8-13(9-22)23-7-12(5-15(23)24)17(25)19-4/h6,10,12-13H,5,7-9H2,1-4H3,(H,19,25). The molecule has 0 bridgehead atoms. The Kier molecular flexibility index (Phi) is 4.93. The van der Waals surface area contributed by atoms with E-state index in [-0.39, 0.29) is 42.0 Å². The van der Waals surface area contributed by atoms with Crippen molar-refractivity contribution in [3.05, 3.63) is 23.3 Å². The molecular weight excluding hydrogens is 334 g/mol. The summed E-state index contributed by atoms with van der Waals surface area (Å²) in [7, 11) is 1.58. The minimum Gasteiger partial charge on any atom is -0.359 e. The second kappa shape index (κ2) is 7.01. The highest BCUT2D eigenvalue weighted by atomic mass is 16.2. The van der Waals surface area contributed by atoms with Crippen LogP contribution in [0.25, 0.3) is 0 Å². The molecule has 2 fully saturated rings. The molecule has 0 spiro atoms. The van der Waals surface area contributed by atoms with Crippen LogP contribution < -0.4 is 5.32 Å². The largest absolute Gasteiger partial charge is 0.359 e. The molecule has 26 heavy (non-hydrogen) atoms. The zero-order chi connectivity index (χ0) is 19.0. The number of carbonyl (C=O) groups is 3. The van der Waals surface area contributed by atoms with Crippen molar-refractivity contribution in [3.8, 4) is 0 Å². The summed E-state index contributed by atoms with van der Waals surface area (Å²) < 4.78 is 0. The van der Waals surface area contributed by atoms with E-state index in [4.69, 9.17) is 0 Å². The fourth-order valence-corrected chi connectivity index (χ4v) is 3.55. The molecule has 1 unspecified atom stereocenters. The van der Waals surface area contributed by atoms with E-state index >= 15 is 0 Å². The van der Waals surface area contributed by atoms with Crippen molar-refractivity contribution in [3.63, 3.8) is 0 Å². The summed E-state index contributed by atoms with van der Waals surface area (Å²) in [6, 6.07) is -0.0185. The number of aromatic nitrogens is 2. The van der Waals surface area contributed by atoms with Gasteiger partial charge in [0.2, 0.25) is 11.8 Å². The van der Waals surface area contributed by atoms with Gasteiger partial charge >= 0.3 is 0 Å². The summed E-state index contributed by atoms with van der Waals surface area (Å²) in [5, 5.41) is 2.60. The minimum atomic E-state index is -0.296. The van der Waals surface area contributed by atoms with Crippen molar-refractivity contribution in [1.82, 2.24) is 25.1 Å². The van der Waals surface area contributed by atoms with Crippen LogP contribution in [-0.2, 0) is 9.59 Å². The fourth-order valence-electron chi connectivity index (χ4n) is 3.55. The zero-order valence-electron chi connectivity index (χ0n) is 15.7. The molecule has 1 N–H and O–H groups in total. The first-order valence-corrected chi connectivity index (χ1v) is 8.95. The van der Waals surface area contributed by atoms with Crippen molar-refractivity contribution in [2.24, 2.45) is 5.92 Å². The normalized spacial score (nSPS) is 20.5. The molecule has 2 aliphatic heterocycles. The number of aryl methyl sites for hydroxylation is 1. The van der Waals surface area contributed by atoms with E-state index in [1.165, 1.54) is 0 Å². The molecule has 8 nitrogen and oxygen atoms in total. The maximum absolute atomic E-state index is 12.8. The fraction of sp³-hybridized carbons (Fsp3) is 0.611. The lowest BCUT2D eigenvalue weighted by molar-refractivity contribution is -0.132. The number of likely N-dealkylation sites (tertiary alicyclic amines) is 2. The van der Waals surface area contributed by atoms with Gasteiger partial charge in [-0.2, -0.15) is 0 Å². The number of carbonyl (C=O) groups excluding carboxylic acids is 3. The third-order valence-electron chi connectivity index (χ3n) is 5.08. The highest BCUT2D eigenvalue weighted by Gasteiger charge is 2.43. The van der Waals surface area contributed by atoms with E-state index in [1.807, 2.05) is 20.8 Å². The summed E-state index contributed by atoms with van der Waals surface area (Å²) in [4.78, 5) is 48.8. The molecule has 8 heteroatoms. The van der Waals surface area contributed by atoms with Gasteiger partial charge in [0, 0.05) is 39.3 Å². The number of hydrogen-bond donors (Lipinski definition) is 1. The average Bonchev–Trinajstić information content (AvgIpc) is 2.94. The van der Waals surface area contributed by atoms with Crippen LogP contribution in [-0.4, -0.2) is 70.2 Å². The molecular formula is C18H25N5O3. The molecule has 0 radical (unpaired) electrons. The number of amides is 3. The van der Waals surface area contributed by atoms with Crippen molar-refractivity contribution < 1.29 is 14.4 Å². The number of nitrogens with zero attached hydrogens (tertiary/aromatic N) is 4. The van der Waals surface area contributed by atoms with Crippen molar-refractivity contribution >= 4 is 17.7 Å². The Morgan fingerprint density at radius 1 is 1.27 bits per heavy atom. The maximum Gasteiger partial charge on any atom is 0.257 e. The Labute approximate surface area is 153 Å². The Balaban J connectivity index is 1.65. The quantitative estimate of drug-likeness (QED) is 0.836. The summed E-state index contributed by atoms with van der Waals surface area (Å²) in [5.74, 6) is 0.259. The van der Waals surface area contributed by atoms with Crippen molar-refractivity contribution in [2.75, 3.05) is 26.7 Å².